The van der Waals surface area contributed by atoms with Gasteiger partial charge in [0.2, 0.25) is 0 Å². The summed E-state index contributed by atoms with van der Waals surface area (Å²) in [5, 5.41) is 9.13. The SMILES string of the molecule is NC(=O)c1c(O)cccc1Br. The maximum atomic E-state index is 10.7. The second kappa shape index (κ2) is 2.92. The van der Waals surface area contributed by atoms with Crippen molar-refractivity contribution < 1.29 is 9.90 Å². The molecule has 1 aromatic rings. The Morgan fingerprint density at radius 2 is 2.18 bits per heavy atom. The number of carbonyl (C=O) groups excluding carboxylic acids is 1. The van der Waals surface area contributed by atoms with Gasteiger partial charge in [-0.25, -0.2) is 0 Å². The lowest BCUT2D eigenvalue weighted by molar-refractivity contribution is 0.0997. The third kappa shape index (κ3) is 1.51. The molecule has 11 heavy (non-hydrogen) atoms. The molecule has 0 aromatic heterocycles. The van der Waals surface area contributed by atoms with Crippen molar-refractivity contribution in [1.82, 2.24) is 0 Å². The molecule has 3 N–H and O–H groups in total. The van der Waals surface area contributed by atoms with Gasteiger partial charge < -0.3 is 10.8 Å². The number of phenols is 1. The minimum absolute atomic E-state index is 0.105. The van der Waals surface area contributed by atoms with Gasteiger partial charge in [-0.3, -0.25) is 4.79 Å². The lowest BCUT2D eigenvalue weighted by atomic mass is 10.2. The van der Waals surface area contributed by atoms with Crippen molar-refractivity contribution in [2.45, 2.75) is 0 Å². The Bertz CT molecular complexity index is 278. The summed E-state index contributed by atoms with van der Waals surface area (Å²) in [5.41, 5.74) is 5.10. The van der Waals surface area contributed by atoms with E-state index in [2.05, 4.69) is 15.9 Å². The average Bonchev–Trinajstić information content (AvgIpc) is 1.85. The van der Waals surface area contributed by atoms with Crippen LogP contribution < -0.4 is 5.73 Å². The van der Waals surface area contributed by atoms with Gasteiger partial charge in [-0.05, 0) is 28.1 Å². The molecule has 0 bridgehead atoms. The fraction of sp³-hybridized carbons (Fsp3) is 0. The Morgan fingerprint density at radius 1 is 1.55 bits per heavy atom. The van der Waals surface area contributed by atoms with Gasteiger partial charge in [-0.15, -0.1) is 0 Å². The Balaban J connectivity index is 3.32. The molecule has 3 nitrogen and oxygen atoms in total. The third-order valence-electron chi connectivity index (χ3n) is 1.24. The Hall–Kier alpha value is -1.03. The maximum absolute atomic E-state index is 10.7. The summed E-state index contributed by atoms with van der Waals surface area (Å²) in [6, 6.07) is 4.66. The van der Waals surface area contributed by atoms with E-state index in [1.165, 1.54) is 6.07 Å². The summed E-state index contributed by atoms with van der Waals surface area (Å²) in [4.78, 5) is 10.7. The van der Waals surface area contributed by atoms with Gasteiger partial charge in [-0.2, -0.15) is 0 Å². The molecule has 0 saturated heterocycles. The molecule has 0 unspecified atom stereocenters. The van der Waals surface area contributed by atoms with Crippen LogP contribution in [0.4, 0.5) is 0 Å². The fourth-order valence-corrected chi connectivity index (χ4v) is 1.31. The molecule has 0 atom stereocenters. The number of aromatic hydroxyl groups is 1. The molecular weight excluding hydrogens is 210 g/mol. The first-order chi connectivity index (χ1) is 5.13. The van der Waals surface area contributed by atoms with Crippen molar-refractivity contribution in [3.63, 3.8) is 0 Å². The number of carbonyl (C=O) groups is 1. The zero-order chi connectivity index (χ0) is 8.43. The number of primary amides is 1. The standard InChI is InChI=1S/C7H6BrNO2/c8-4-2-1-3-5(10)6(4)7(9)11/h1-3,10H,(H2,9,11). The summed E-state index contributed by atoms with van der Waals surface area (Å²) in [6.07, 6.45) is 0. The highest BCUT2D eigenvalue weighted by Crippen LogP contribution is 2.24. The molecule has 0 aliphatic heterocycles. The van der Waals surface area contributed by atoms with Crippen molar-refractivity contribution in [2.75, 3.05) is 0 Å². The van der Waals surface area contributed by atoms with Gasteiger partial charge in [0.15, 0.2) is 0 Å². The lowest BCUT2D eigenvalue weighted by Gasteiger charge is -2.00. The first kappa shape index (κ1) is 8.07. The second-order valence-electron chi connectivity index (χ2n) is 2.00. The molecule has 58 valence electrons. The van der Waals surface area contributed by atoms with Crippen molar-refractivity contribution in [1.29, 1.82) is 0 Å². The van der Waals surface area contributed by atoms with Crippen molar-refractivity contribution in [2.24, 2.45) is 5.73 Å². The van der Waals surface area contributed by atoms with Crippen LogP contribution in [0.2, 0.25) is 0 Å². The number of hydrogen-bond donors (Lipinski definition) is 2. The summed E-state index contributed by atoms with van der Waals surface area (Å²) < 4.78 is 0.505. The van der Waals surface area contributed by atoms with E-state index < -0.39 is 5.91 Å². The minimum atomic E-state index is -0.644. The van der Waals surface area contributed by atoms with E-state index in [0.29, 0.717) is 4.47 Å². The topological polar surface area (TPSA) is 63.3 Å². The highest BCUT2D eigenvalue weighted by molar-refractivity contribution is 9.10. The normalized spacial score (nSPS) is 9.55. The summed E-state index contributed by atoms with van der Waals surface area (Å²) in [5.74, 6) is -0.748. The zero-order valence-electron chi connectivity index (χ0n) is 5.54. The third-order valence-corrected chi connectivity index (χ3v) is 1.90. The quantitative estimate of drug-likeness (QED) is 0.741. The highest BCUT2D eigenvalue weighted by Gasteiger charge is 2.09. The molecule has 0 saturated carbocycles. The van der Waals surface area contributed by atoms with Crippen LogP contribution in [0, 0.1) is 0 Å². The van der Waals surface area contributed by atoms with E-state index >= 15 is 0 Å². The molecular formula is C7H6BrNO2. The predicted molar refractivity (Wildman–Crippen MR) is 44.3 cm³/mol. The van der Waals surface area contributed by atoms with Gasteiger partial charge in [0.05, 0.1) is 5.56 Å². The number of benzene rings is 1. The first-order valence-corrected chi connectivity index (χ1v) is 3.69. The van der Waals surface area contributed by atoms with Crippen LogP contribution in [-0.4, -0.2) is 11.0 Å². The highest BCUT2D eigenvalue weighted by atomic mass is 79.9. The Kier molecular flexibility index (Phi) is 2.14. The molecule has 1 rings (SSSR count). The molecule has 0 aliphatic rings. The fourth-order valence-electron chi connectivity index (χ4n) is 0.757. The Morgan fingerprint density at radius 3 is 2.55 bits per heavy atom. The number of hydrogen-bond acceptors (Lipinski definition) is 2. The predicted octanol–water partition coefficient (Wildman–Crippen LogP) is 1.25. The van der Waals surface area contributed by atoms with E-state index in [4.69, 9.17) is 10.8 Å². The van der Waals surface area contributed by atoms with Gasteiger partial charge in [-0.1, -0.05) is 6.07 Å². The van der Waals surface area contributed by atoms with Crippen molar-refractivity contribution in [3.8, 4) is 5.75 Å². The van der Waals surface area contributed by atoms with Crippen LogP contribution in [0.25, 0.3) is 0 Å². The molecule has 0 heterocycles. The van der Waals surface area contributed by atoms with Crippen LogP contribution in [0.5, 0.6) is 5.75 Å². The van der Waals surface area contributed by atoms with E-state index in [1.54, 1.807) is 12.1 Å². The van der Waals surface area contributed by atoms with Gasteiger partial charge in [0.25, 0.3) is 5.91 Å². The van der Waals surface area contributed by atoms with E-state index in [9.17, 15) is 4.79 Å². The zero-order valence-corrected chi connectivity index (χ0v) is 7.13. The molecule has 0 spiro atoms. The largest absolute Gasteiger partial charge is 0.507 e. The summed E-state index contributed by atoms with van der Waals surface area (Å²) in [6.45, 7) is 0. The summed E-state index contributed by atoms with van der Waals surface area (Å²) in [7, 11) is 0. The number of nitrogens with two attached hydrogens (primary N) is 1. The lowest BCUT2D eigenvalue weighted by Crippen LogP contribution is -2.11. The first-order valence-electron chi connectivity index (χ1n) is 2.90. The van der Waals surface area contributed by atoms with Gasteiger partial charge in [0.1, 0.15) is 5.75 Å². The molecule has 0 radical (unpaired) electrons. The van der Waals surface area contributed by atoms with E-state index in [0.717, 1.165) is 0 Å². The molecule has 1 amide bonds. The number of rotatable bonds is 1. The van der Waals surface area contributed by atoms with Crippen LogP contribution in [0.1, 0.15) is 10.4 Å². The smallest absolute Gasteiger partial charge is 0.253 e. The average molecular weight is 216 g/mol. The number of halogens is 1. The number of amides is 1. The van der Waals surface area contributed by atoms with Crippen molar-refractivity contribution >= 4 is 21.8 Å². The van der Waals surface area contributed by atoms with Crippen molar-refractivity contribution in [3.05, 3.63) is 28.2 Å². The minimum Gasteiger partial charge on any atom is -0.507 e. The van der Waals surface area contributed by atoms with Gasteiger partial charge >= 0.3 is 0 Å². The maximum Gasteiger partial charge on any atom is 0.253 e. The van der Waals surface area contributed by atoms with Crippen LogP contribution in [-0.2, 0) is 0 Å². The molecule has 4 heteroatoms. The molecule has 0 aliphatic carbocycles. The Labute approximate surface area is 72.0 Å². The van der Waals surface area contributed by atoms with Crippen LogP contribution >= 0.6 is 15.9 Å². The van der Waals surface area contributed by atoms with Crippen LogP contribution in [0.3, 0.4) is 0 Å². The second-order valence-corrected chi connectivity index (χ2v) is 2.85. The van der Waals surface area contributed by atoms with Gasteiger partial charge in [0, 0.05) is 4.47 Å². The van der Waals surface area contributed by atoms with E-state index in [1.807, 2.05) is 0 Å². The van der Waals surface area contributed by atoms with Crippen LogP contribution in [0.15, 0.2) is 22.7 Å². The monoisotopic (exact) mass is 215 g/mol. The van der Waals surface area contributed by atoms with E-state index in [-0.39, 0.29) is 11.3 Å². The molecule has 1 aromatic carbocycles. The summed E-state index contributed by atoms with van der Waals surface area (Å²) >= 11 is 3.09. The molecule has 0 fully saturated rings.